The van der Waals surface area contributed by atoms with E-state index in [0.717, 1.165) is 13.1 Å². The Labute approximate surface area is 131 Å². The second-order valence-electron chi connectivity index (χ2n) is 3.41. The van der Waals surface area contributed by atoms with Crippen LogP contribution < -0.4 is 43.1 Å². The molecule has 4 heteroatoms. The van der Waals surface area contributed by atoms with E-state index in [1.54, 1.807) is 0 Å². The minimum atomic E-state index is 0. The number of rotatable bonds is 2. The van der Waals surface area contributed by atoms with Crippen LogP contribution in [0.1, 0.15) is 13.8 Å². The molecule has 2 rings (SSSR count). The standard InChI is InChI=1S/2C7H10N.2BrH/c2*1-2-8-6-4-3-5-7-8;;/h2*3-7H,2H2,1H3;2*1H/q2*+1;;/p-2. The van der Waals surface area contributed by atoms with Gasteiger partial charge in [-0.15, -0.1) is 0 Å². The summed E-state index contributed by atoms with van der Waals surface area (Å²) in [6.07, 6.45) is 8.22. The molecule has 2 nitrogen and oxygen atoms in total. The third-order valence-electron chi connectivity index (χ3n) is 2.28. The van der Waals surface area contributed by atoms with Crippen LogP contribution in [0.15, 0.2) is 61.2 Å². The van der Waals surface area contributed by atoms with Crippen LogP contribution in [0, 0.1) is 0 Å². The zero-order valence-electron chi connectivity index (χ0n) is 10.8. The lowest BCUT2D eigenvalue weighted by molar-refractivity contribution is -0.693. The molecule has 0 aliphatic rings. The number of nitrogens with zero attached hydrogens (tertiary/aromatic N) is 2. The first kappa shape index (κ1) is 19.6. The van der Waals surface area contributed by atoms with Crippen LogP contribution in [0.3, 0.4) is 0 Å². The Hall–Kier alpha value is -0.740. The summed E-state index contributed by atoms with van der Waals surface area (Å²) in [5.41, 5.74) is 0. The maximum atomic E-state index is 2.12. The highest BCUT2D eigenvalue weighted by atomic mass is 79.9. The van der Waals surface area contributed by atoms with Crippen LogP contribution >= 0.6 is 0 Å². The Kier molecular flexibility index (Phi) is 13.8. The van der Waals surface area contributed by atoms with E-state index in [1.165, 1.54) is 0 Å². The quantitative estimate of drug-likeness (QED) is 0.473. The van der Waals surface area contributed by atoms with Crippen molar-refractivity contribution in [3.63, 3.8) is 0 Å². The summed E-state index contributed by atoms with van der Waals surface area (Å²) in [5.74, 6) is 0. The van der Waals surface area contributed by atoms with Gasteiger partial charge in [-0.1, -0.05) is 12.1 Å². The van der Waals surface area contributed by atoms with Crippen molar-refractivity contribution in [1.29, 1.82) is 0 Å². The number of aryl methyl sites for hydroxylation is 2. The van der Waals surface area contributed by atoms with Crippen LogP contribution in [0.5, 0.6) is 0 Å². The topological polar surface area (TPSA) is 7.76 Å². The predicted octanol–water partition coefficient (Wildman–Crippen LogP) is -4.00. The Morgan fingerprint density at radius 2 is 0.833 bits per heavy atom. The van der Waals surface area contributed by atoms with Crippen molar-refractivity contribution >= 4 is 0 Å². The number of pyridine rings is 2. The fraction of sp³-hybridized carbons (Fsp3) is 0.286. The van der Waals surface area contributed by atoms with Crippen LogP contribution in [0.25, 0.3) is 0 Å². The molecule has 0 unspecified atom stereocenters. The van der Waals surface area contributed by atoms with E-state index in [2.05, 4.69) is 47.8 Å². The maximum absolute atomic E-state index is 2.12. The Bertz CT molecular complexity index is 340. The summed E-state index contributed by atoms with van der Waals surface area (Å²) in [6, 6.07) is 12.2. The fourth-order valence-electron chi connectivity index (χ4n) is 1.29. The van der Waals surface area contributed by atoms with E-state index in [4.69, 9.17) is 0 Å². The molecular weight excluding hydrogens is 356 g/mol. The van der Waals surface area contributed by atoms with Crippen molar-refractivity contribution in [3.05, 3.63) is 61.2 Å². The largest absolute Gasteiger partial charge is 1.00 e. The third kappa shape index (κ3) is 8.37. The average molecular weight is 376 g/mol. The normalized spacial score (nSPS) is 8.11. The van der Waals surface area contributed by atoms with Crippen molar-refractivity contribution in [2.24, 2.45) is 0 Å². The highest BCUT2D eigenvalue weighted by Gasteiger charge is 1.87. The molecule has 0 aliphatic heterocycles. The van der Waals surface area contributed by atoms with Crippen LogP contribution in [-0.2, 0) is 13.1 Å². The Morgan fingerprint density at radius 1 is 0.556 bits per heavy atom. The van der Waals surface area contributed by atoms with Gasteiger partial charge in [-0.3, -0.25) is 0 Å². The first-order valence-electron chi connectivity index (χ1n) is 5.75. The Balaban J connectivity index is 0. The van der Waals surface area contributed by atoms with Gasteiger partial charge < -0.3 is 34.0 Å². The summed E-state index contributed by atoms with van der Waals surface area (Å²) >= 11 is 0. The van der Waals surface area contributed by atoms with E-state index >= 15 is 0 Å². The van der Waals surface area contributed by atoms with Gasteiger partial charge in [0.15, 0.2) is 24.8 Å². The molecule has 0 aromatic carbocycles. The molecule has 0 amide bonds. The Morgan fingerprint density at radius 3 is 1.00 bits per heavy atom. The summed E-state index contributed by atoms with van der Waals surface area (Å²) in [6.45, 7) is 6.36. The van der Waals surface area contributed by atoms with E-state index in [9.17, 15) is 0 Å². The van der Waals surface area contributed by atoms with Crippen LogP contribution in [-0.4, -0.2) is 0 Å². The highest BCUT2D eigenvalue weighted by molar-refractivity contribution is 4.83. The summed E-state index contributed by atoms with van der Waals surface area (Å²) in [4.78, 5) is 0. The lowest BCUT2D eigenvalue weighted by Gasteiger charge is -1.84. The number of halogens is 2. The van der Waals surface area contributed by atoms with Gasteiger partial charge in [0.2, 0.25) is 0 Å². The number of aromatic nitrogens is 2. The molecule has 18 heavy (non-hydrogen) atoms. The van der Waals surface area contributed by atoms with Gasteiger partial charge in [-0.2, -0.15) is 0 Å². The molecule has 0 N–H and O–H groups in total. The van der Waals surface area contributed by atoms with Crippen LogP contribution in [0.4, 0.5) is 0 Å². The molecular formula is C14H20Br2N2. The molecule has 0 fully saturated rings. The fourth-order valence-corrected chi connectivity index (χ4v) is 1.29. The average Bonchev–Trinajstić information content (AvgIpc) is 2.41. The minimum Gasteiger partial charge on any atom is -1.00 e. The third-order valence-corrected chi connectivity index (χ3v) is 2.28. The summed E-state index contributed by atoms with van der Waals surface area (Å²) < 4.78 is 4.25. The molecule has 2 heterocycles. The molecule has 0 bridgehead atoms. The van der Waals surface area contributed by atoms with Crippen molar-refractivity contribution in [2.75, 3.05) is 0 Å². The van der Waals surface area contributed by atoms with Gasteiger partial charge in [0.1, 0.15) is 13.1 Å². The van der Waals surface area contributed by atoms with Crippen LogP contribution in [0.2, 0.25) is 0 Å². The molecule has 0 saturated heterocycles. The molecule has 0 radical (unpaired) electrons. The minimum absolute atomic E-state index is 0. The second-order valence-corrected chi connectivity index (χ2v) is 3.41. The molecule has 2 aromatic rings. The van der Waals surface area contributed by atoms with E-state index in [-0.39, 0.29) is 34.0 Å². The lowest BCUT2D eigenvalue weighted by atomic mass is 10.5. The van der Waals surface area contributed by atoms with Gasteiger partial charge in [-0.05, 0) is 13.8 Å². The molecule has 100 valence electrons. The highest BCUT2D eigenvalue weighted by Crippen LogP contribution is 1.75. The van der Waals surface area contributed by atoms with E-state index in [1.807, 2.05) is 36.4 Å². The molecule has 0 atom stereocenters. The number of hydrogen-bond acceptors (Lipinski definition) is 0. The first-order chi connectivity index (χ1) is 7.86. The summed E-state index contributed by atoms with van der Waals surface area (Å²) in [7, 11) is 0. The predicted molar refractivity (Wildman–Crippen MR) is 64.6 cm³/mol. The van der Waals surface area contributed by atoms with Gasteiger partial charge in [-0.25, -0.2) is 9.13 Å². The smallest absolute Gasteiger partial charge is 0.168 e. The van der Waals surface area contributed by atoms with Gasteiger partial charge in [0.25, 0.3) is 0 Å². The van der Waals surface area contributed by atoms with E-state index in [0.29, 0.717) is 0 Å². The van der Waals surface area contributed by atoms with Gasteiger partial charge in [0, 0.05) is 24.3 Å². The number of hydrogen-bond donors (Lipinski definition) is 0. The van der Waals surface area contributed by atoms with Crippen molar-refractivity contribution in [2.45, 2.75) is 26.9 Å². The second kappa shape index (κ2) is 12.7. The molecule has 0 saturated carbocycles. The summed E-state index contributed by atoms with van der Waals surface area (Å²) in [5, 5.41) is 0. The van der Waals surface area contributed by atoms with Crippen molar-refractivity contribution in [1.82, 2.24) is 0 Å². The molecule has 0 aliphatic carbocycles. The first-order valence-corrected chi connectivity index (χ1v) is 5.75. The monoisotopic (exact) mass is 374 g/mol. The van der Waals surface area contributed by atoms with Gasteiger partial charge in [0.05, 0.1) is 0 Å². The SMILES string of the molecule is CC[n+]1ccccc1.CC[n+]1ccccc1.[Br-].[Br-]. The zero-order valence-corrected chi connectivity index (χ0v) is 14.0. The van der Waals surface area contributed by atoms with E-state index < -0.39 is 0 Å². The van der Waals surface area contributed by atoms with Crippen molar-refractivity contribution < 1.29 is 43.1 Å². The lowest BCUT2D eigenvalue weighted by Crippen LogP contribution is -3.00. The zero-order chi connectivity index (χ0) is 11.6. The molecule has 0 spiro atoms. The van der Waals surface area contributed by atoms with Crippen molar-refractivity contribution in [3.8, 4) is 0 Å². The molecule has 2 aromatic heterocycles. The van der Waals surface area contributed by atoms with Gasteiger partial charge >= 0.3 is 0 Å². The maximum Gasteiger partial charge on any atom is 0.168 e.